The zero-order valence-corrected chi connectivity index (χ0v) is 11.9. The Kier molecular flexibility index (Phi) is 4.39. The molecule has 0 atom stereocenters. The van der Waals surface area contributed by atoms with Gasteiger partial charge < -0.3 is 11.1 Å². The standard InChI is InChI=1S/C14H13ClF3N3/c1-8-4-10(7-20-13(8)6-19)21-12-3-2-9(15)5-11(12)14(16,17)18/h2-5,7,21H,6,19H2,1H3. The molecule has 0 radical (unpaired) electrons. The predicted molar refractivity (Wildman–Crippen MR) is 76.6 cm³/mol. The fourth-order valence-electron chi connectivity index (χ4n) is 1.90. The number of rotatable bonds is 3. The van der Waals surface area contributed by atoms with Gasteiger partial charge in [-0.3, -0.25) is 4.98 Å². The first-order valence-electron chi connectivity index (χ1n) is 6.10. The maximum absolute atomic E-state index is 13.0. The lowest BCUT2D eigenvalue weighted by Gasteiger charge is -2.15. The molecule has 0 spiro atoms. The molecule has 3 nitrogen and oxygen atoms in total. The first kappa shape index (κ1) is 15.6. The van der Waals surface area contributed by atoms with Crippen molar-refractivity contribution in [3.63, 3.8) is 0 Å². The Morgan fingerprint density at radius 2 is 2.00 bits per heavy atom. The highest BCUT2D eigenvalue weighted by Gasteiger charge is 2.33. The molecule has 0 amide bonds. The van der Waals surface area contributed by atoms with Crippen molar-refractivity contribution >= 4 is 23.0 Å². The van der Waals surface area contributed by atoms with Crippen molar-refractivity contribution < 1.29 is 13.2 Å². The number of nitrogens with two attached hydrogens (primary N) is 1. The van der Waals surface area contributed by atoms with Crippen LogP contribution in [0.2, 0.25) is 5.02 Å². The minimum absolute atomic E-state index is 0.0284. The van der Waals surface area contributed by atoms with Crippen molar-refractivity contribution in [2.45, 2.75) is 19.6 Å². The quantitative estimate of drug-likeness (QED) is 0.889. The van der Waals surface area contributed by atoms with Crippen LogP contribution in [0.1, 0.15) is 16.8 Å². The predicted octanol–water partition coefficient (Wildman–Crippen LogP) is 4.26. The monoisotopic (exact) mass is 315 g/mol. The van der Waals surface area contributed by atoms with E-state index in [-0.39, 0.29) is 17.3 Å². The van der Waals surface area contributed by atoms with Gasteiger partial charge in [-0.05, 0) is 36.8 Å². The van der Waals surface area contributed by atoms with Crippen LogP contribution in [0.15, 0.2) is 30.5 Å². The number of hydrogen-bond donors (Lipinski definition) is 2. The van der Waals surface area contributed by atoms with E-state index < -0.39 is 11.7 Å². The molecular weight excluding hydrogens is 303 g/mol. The lowest BCUT2D eigenvalue weighted by molar-refractivity contribution is -0.136. The van der Waals surface area contributed by atoms with Crippen LogP contribution in [-0.2, 0) is 12.7 Å². The van der Waals surface area contributed by atoms with Gasteiger partial charge in [0.2, 0.25) is 0 Å². The first-order chi connectivity index (χ1) is 9.81. The topological polar surface area (TPSA) is 50.9 Å². The Hall–Kier alpha value is -1.79. The lowest BCUT2D eigenvalue weighted by atomic mass is 10.1. The van der Waals surface area contributed by atoms with E-state index >= 15 is 0 Å². The molecule has 0 saturated heterocycles. The molecule has 0 aliphatic rings. The number of pyridine rings is 1. The van der Waals surface area contributed by atoms with Crippen LogP contribution in [0.4, 0.5) is 24.5 Å². The Morgan fingerprint density at radius 3 is 2.57 bits per heavy atom. The zero-order chi connectivity index (χ0) is 15.6. The minimum Gasteiger partial charge on any atom is -0.354 e. The number of alkyl halides is 3. The second-order valence-electron chi connectivity index (χ2n) is 4.50. The maximum Gasteiger partial charge on any atom is 0.418 e. The highest BCUT2D eigenvalue weighted by molar-refractivity contribution is 6.30. The van der Waals surface area contributed by atoms with Crippen LogP contribution in [0, 0.1) is 6.92 Å². The third-order valence-electron chi connectivity index (χ3n) is 2.95. The second kappa shape index (κ2) is 5.91. The number of nitrogens with zero attached hydrogens (tertiary/aromatic N) is 1. The van der Waals surface area contributed by atoms with Crippen LogP contribution in [0.5, 0.6) is 0 Å². The molecule has 112 valence electrons. The largest absolute Gasteiger partial charge is 0.418 e. The van der Waals surface area contributed by atoms with Gasteiger partial charge in [0.1, 0.15) is 0 Å². The summed E-state index contributed by atoms with van der Waals surface area (Å²) in [6.07, 6.45) is -3.04. The fraction of sp³-hybridized carbons (Fsp3) is 0.214. The van der Waals surface area contributed by atoms with Gasteiger partial charge in [-0.2, -0.15) is 13.2 Å². The molecule has 7 heteroatoms. The Labute approximate surface area is 124 Å². The first-order valence-corrected chi connectivity index (χ1v) is 6.48. The van der Waals surface area contributed by atoms with Gasteiger partial charge in [-0.15, -0.1) is 0 Å². The summed E-state index contributed by atoms with van der Waals surface area (Å²) in [5.41, 5.74) is 6.57. The number of aromatic nitrogens is 1. The molecule has 0 aliphatic heterocycles. The van der Waals surface area contributed by atoms with Gasteiger partial charge in [-0.25, -0.2) is 0 Å². The molecule has 0 fully saturated rings. The summed E-state index contributed by atoms with van der Waals surface area (Å²) in [4.78, 5) is 4.11. The zero-order valence-electron chi connectivity index (χ0n) is 11.1. The molecule has 0 saturated carbocycles. The smallest absolute Gasteiger partial charge is 0.354 e. The summed E-state index contributed by atoms with van der Waals surface area (Å²) in [5.74, 6) is 0. The van der Waals surface area contributed by atoms with Gasteiger partial charge in [0.15, 0.2) is 0 Å². The van der Waals surface area contributed by atoms with Gasteiger partial charge in [0, 0.05) is 11.6 Å². The molecule has 1 aromatic carbocycles. The number of hydrogen-bond acceptors (Lipinski definition) is 3. The molecule has 1 aromatic heterocycles. The summed E-state index contributed by atoms with van der Waals surface area (Å²) < 4.78 is 39.0. The number of halogens is 4. The van der Waals surface area contributed by atoms with Crippen molar-refractivity contribution in [2.75, 3.05) is 5.32 Å². The highest BCUT2D eigenvalue weighted by atomic mass is 35.5. The van der Waals surface area contributed by atoms with E-state index in [4.69, 9.17) is 17.3 Å². The van der Waals surface area contributed by atoms with Crippen molar-refractivity contribution in [2.24, 2.45) is 5.73 Å². The summed E-state index contributed by atoms with van der Waals surface area (Å²) in [6, 6.07) is 5.27. The molecule has 3 N–H and O–H groups in total. The van der Waals surface area contributed by atoms with Crippen molar-refractivity contribution in [3.8, 4) is 0 Å². The number of nitrogens with one attached hydrogen (secondary N) is 1. The normalized spacial score (nSPS) is 11.5. The van der Waals surface area contributed by atoms with E-state index in [0.717, 1.165) is 11.6 Å². The van der Waals surface area contributed by atoms with Gasteiger partial charge >= 0.3 is 6.18 Å². The average Bonchev–Trinajstić information content (AvgIpc) is 2.40. The van der Waals surface area contributed by atoms with Gasteiger partial charge in [0.25, 0.3) is 0 Å². The van der Waals surface area contributed by atoms with Gasteiger partial charge in [0.05, 0.1) is 28.8 Å². The molecule has 1 heterocycles. The fourth-order valence-corrected chi connectivity index (χ4v) is 2.07. The van der Waals surface area contributed by atoms with Crippen molar-refractivity contribution in [1.82, 2.24) is 4.98 Å². The minimum atomic E-state index is -4.49. The Bertz CT molecular complexity index is 656. The lowest BCUT2D eigenvalue weighted by Crippen LogP contribution is -2.09. The molecular formula is C14H13ClF3N3. The molecule has 0 unspecified atom stereocenters. The van der Waals surface area contributed by atoms with E-state index in [1.54, 1.807) is 13.0 Å². The molecule has 2 aromatic rings. The summed E-state index contributed by atoms with van der Waals surface area (Å²) in [6.45, 7) is 2.08. The third-order valence-corrected chi connectivity index (χ3v) is 3.18. The van der Waals surface area contributed by atoms with E-state index in [1.807, 2.05) is 0 Å². The van der Waals surface area contributed by atoms with Crippen LogP contribution < -0.4 is 11.1 Å². The summed E-state index contributed by atoms with van der Waals surface area (Å²) in [7, 11) is 0. The molecule has 2 rings (SSSR count). The van der Waals surface area contributed by atoms with Crippen molar-refractivity contribution in [1.29, 1.82) is 0 Å². The van der Waals surface area contributed by atoms with E-state index in [1.165, 1.54) is 18.3 Å². The number of benzene rings is 1. The van der Waals surface area contributed by atoms with Crippen LogP contribution in [0.25, 0.3) is 0 Å². The van der Waals surface area contributed by atoms with E-state index in [0.29, 0.717) is 11.4 Å². The molecule has 21 heavy (non-hydrogen) atoms. The molecule has 0 aliphatic carbocycles. The summed E-state index contributed by atoms with van der Waals surface area (Å²) in [5, 5.41) is 2.74. The molecule has 0 bridgehead atoms. The summed E-state index contributed by atoms with van der Waals surface area (Å²) >= 11 is 5.64. The SMILES string of the molecule is Cc1cc(Nc2ccc(Cl)cc2C(F)(F)F)cnc1CN. The van der Waals surface area contributed by atoms with Crippen LogP contribution in [-0.4, -0.2) is 4.98 Å². The van der Waals surface area contributed by atoms with Crippen LogP contribution >= 0.6 is 11.6 Å². The van der Waals surface area contributed by atoms with Crippen LogP contribution in [0.3, 0.4) is 0 Å². The maximum atomic E-state index is 13.0. The third kappa shape index (κ3) is 3.65. The van der Waals surface area contributed by atoms with E-state index in [2.05, 4.69) is 10.3 Å². The second-order valence-corrected chi connectivity index (χ2v) is 4.94. The Balaban J connectivity index is 2.38. The number of aryl methyl sites for hydroxylation is 1. The van der Waals surface area contributed by atoms with E-state index in [9.17, 15) is 13.2 Å². The van der Waals surface area contributed by atoms with Gasteiger partial charge in [-0.1, -0.05) is 11.6 Å². The Morgan fingerprint density at radius 1 is 1.29 bits per heavy atom. The average molecular weight is 316 g/mol. The van der Waals surface area contributed by atoms with Crippen molar-refractivity contribution in [3.05, 3.63) is 52.3 Å². The highest BCUT2D eigenvalue weighted by Crippen LogP contribution is 2.37. The number of anilines is 2.